The molecule has 0 spiro atoms. The number of nitrogens with one attached hydrogen (secondary N) is 1. The van der Waals surface area contributed by atoms with Crippen molar-refractivity contribution in [2.45, 2.75) is 19.5 Å². The molecule has 0 bridgehead atoms. The Bertz CT molecular complexity index is 1190. The molecule has 0 saturated heterocycles. The molecule has 2 aliphatic heterocycles. The van der Waals surface area contributed by atoms with Crippen LogP contribution in [0.25, 0.3) is 11.0 Å². The van der Waals surface area contributed by atoms with Gasteiger partial charge in [0.05, 0.1) is 43.0 Å². The maximum Gasteiger partial charge on any atom is 0.212 e. The number of anilines is 1. The highest BCUT2D eigenvalue weighted by molar-refractivity contribution is 6.32. The summed E-state index contributed by atoms with van der Waals surface area (Å²) in [5, 5.41) is 3.46. The van der Waals surface area contributed by atoms with E-state index in [-0.39, 0.29) is 5.96 Å². The number of benzene rings is 2. The van der Waals surface area contributed by atoms with E-state index in [4.69, 9.17) is 41.3 Å². The molecular formula is C21H22ClN5O4. The van der Waals surface area contributed by atoms with Gasteiger partial charge in [-0.15, -0.1) is 0 Å². The Labute approximate surface area is 183 Å². The van der Waals surface area contributed by atoms with Crippen molar-refractivity contribution >= 4 is 34.5 Å². The minimum absolute atomic E-state index is 0.256. The molecule has 1 atom stereocenters. The monoisotopic (exact) mass is 443 g/mol. The van der Waals surface area contributed by atoms with E-state index in [1.165, 1.54) is 0 Å². The Morgan fingerprint density at radius 3 is 2.74 bits per heavy atom. The number of aliphatic imine (C=N–C) groups is 1. The van der Waals surface area contributed by atoms with Gasteiger partial charge in [-0.25, -0.2) is 9.98 Å². The molecule has 5 rings (SSSR count). The number of aromatic nitrogens is 2. The molecule has 2 aromatic carbocycles. The van der Waals surface area contributed by atoms with Gasteiger partial charge in [-0.2, -0.15) is 0 Å². The van der Waals surface area contributed by atoms with E-state index < -0.39 is 6.17 Å². The van der Waals surface area contributed by atoms with E-state index in [0.29, 0.717) is 53.8 Å². The second-order valence-corrected chi connectivity index (χ2v) is 7.53. The van der Waals surface area contributed by atoms with Crippen molar-refractivity contribution in [3.8, 4) is 23.0 Å². The van der Waals surface area contributed by atoms with Gasteiger partial charge >= 0.3 is 0 Å². The molecule has 10 heteroatoms. The minimum atomic E-state index is -0.506. The van der Waals surface area contributed by atoms with Crippen LogP contribution in [0.15, 0.2) is 29.3 Å². The van der Waals surface area contributed by atoms with Crippen LogP contribution in [0.3, 0.4) is 0 Å². The first-order chi connectivity index (χ1) is 15.1. The zero-order valence-electron chi connectivity index (χ0n) is 17.1. The summed E-state index contributed by atoms with van der Waals surface area (Å²) >= 11 is 6.50. The standard InChI is InChI=1S/C21H22ClN5O4/c1-3-29-17-8-11(7-12(22)18(17)28-2)19-25-20(23)26-21-24-13-9-15-16(10-14(13)27(19)21)31-6-4-5-30-15/h7-10,19H,3-6H2,1-2H3,(H3,23,24,25,26)/t19-/m0/s1. The fourth-order valence-electron chi connectivity index (χ4n) is 3.85. The molecule has 0 radical (unpaired) electrons. The average molecular weight is 444 g/mol. The van der Waals surface area contributed by atoms with Crippen LogP contribution in [0.2, 0.25) is 5.02 Å². The molecule has 2 aliphatic rings. The lowest BCUT2D eigenvalue weighted by molar-refractivity contribution is 0.297. The summed E-state index contributed by atoms with van der Waals surface area (Å²) in [6.07, 6.45) is 0.321. The number of ether oxygens (including phenoxy) is 4. The van der Waals surface area contributed by atoms with Gasteiger partial charge in [0, 0.05) is 24.1 Å². The normalized spacial score (nSPS) is 17.4. The number of hydrogen-bond donors (Lipinski definition) is 2. The van der Waals surface area contributed by atoms with Gasteiger partial charge in [0.2, 0.25) is 5.95 Å². The van der Waals surface area contributed by atoms with Crippen molar-refractivity contribution in [1.29, 1.82) is 0 Å². The van der Waals surface area contributed by atoms with Crippen molar-refractivity contribution in [2.24, 2.45) is 10.7 Å². The van der Waals surface area contributed by atoms with E-state index in [1.807, 2.05) is 29.7 Å². The van der Waals surface area contributed by atoms with Crippen molar-refractivity contribution in [1.82, 2.24) is 9.55 Å². The van der Waals surface area contributed by atoms with Crippen LogP contribution < -0.4 is 30.0 Å². The lowest BCUT2D eigenvalue weighted by atomic mass is 10.1. The third-order valence-corrected chi connectivity index (χ3v) is 5.42. The van der Waals surface area contributed by atoms with Crippen molar-refractivity contribution < 1.29 is 18.9 Å². The molecule has 3 N–H and O–H groups in total. The Balaban J connectivity index is 1.69. The molecule has 1 aromatic heterocycles. The zero-order valence-corrected chi connectivity index (χ0v) is 17.9. The van der Waals surface area contributed by atoms with Crippen LogP contribution in [-0.4, -0.2) is 42.4 Å². The summed E-state index contributed by atoms with van der Waals surface area (Å²) in [5.74, 6) is 3.19. The highest BCUT2D eigenvalue weighted by Gasteiger charge is 2.28. The molecule has 3 aromatic rings. The Kier molecular flexibility index (Phi) is 4.90. The molecule has 162 valence electrons. The maximum atomic E-state index is 6.50. The SMILES string of the molecule is CCOc1cc([C@H]2N=C(N)Nc3nc4cc5c(cc4n32)OCCCO5)cc(Cl)c1OC. The zero-order chi connectivity index (χ0) is 21.5. The topological polar surface area (TPSA) is 105 Å². The van der Waals surface area contributed by atoms with E-state index in [0.717, 1.165) is 23.0 Å². The Hall–Kier alpha value is -3.33. The van der Waals surface area contributed by atoms with Crippen molar-refractivity contribution in [2.75, 3.05) is 32.2 Å². The van der Waals surface area contributed by atoms with Gasteiger partial charge in [-0.05, 0) is 19.1 Å². The predicted octanol–water partition coefficient (Wildman–Crippen LogP) is 3.55. The average Bonchev–Trinajstić information content (AvgIpc) is 2.93. The van der Waals surface area contributed by atoms with Crippen LogP contribution in [0, 0.1) is 0 Å². The summed E-state index contributed by atoms with van der Waals surface area (Å²) in [7, 11) is 1.55. The maximum absolute atomic E-state index is 6.50. The predicted molar refractivity (Wildman–Crippen MR) is 118 cm³/mol. The smallest absolute Gasteiger partial charge is 0.212 e. The number of rotatable bonds is 4. The second kappa shape index (κ2) is 7.73. The number of nitrogens with two attached hydrogens (primary N) is 1. The molecule has 0 aliphatic carbocycles. The largest absolute Gasteiger partial charge is 0.491 e. The fraction of sp³-hybridized carbons (Fsp3) is 0.333. The molecule has 3 heterocycles. The number of hydrogen-bond acceptors (Lipinski definition) is 8. The Morgan fingerprint density at radius 2 is 2.00 bits per heavy atom. The summed E-state index contributed by atoms with van der Waals surface area (Å²) in [6.45, 7) is 3.57. The quantitative estimate of drug-likeness (QED) is 0.635. The summed E-state index contributed by atoms with van der Waals surface area (Å²) in [6, 6.07) is 7.46. The number of methoxy groups -OCH3 is 1. The van der Waals surface area contributed by atoms with Gasteiger partial charge in [-0.1, -0.05) is 11.6 Å². The third kappa shape index (κ3) is 3.34. The van der Waals surface area contributed by atoms with E-state index >= 15 is 0 Å². The number of guanidine groups is 1. The van der Waals surface area contributed by atoms with Crippen LogP contribution in [0.4, 0.5) is 5.95 Å². The summed E-state index contributed by atoms with van der Waals surface area (Å²) < 4.78 is 24.8. The number of nitrogens with zero attached hydrogens (tertiary/aromatic N) is 3. The summed E-state index contributed by atoms with van der Waals surface area (Å²) in [5.41, 5.74) is 8.44. The van der Waals surface area contributed by atoms with Crippen LogP contribution >= 0.6 is 11.6 Å². The van der Waals surface area contributed by atoms with Crippen molar-refractivity contribution in [3.63, 3.8) is 0 Å². The van der Waals surface area contributed by atoms with Gasteiger partial charge in [0.1, 0.15) is 0 Å². The lowest BCUT2D eigenvalue weighted by Crippen LogP contribution is -2.31. The van der Waals surface area contributed by atoms with E-state index in [2.05, 4.69) is 10.3 Å². The third-order valence-electron chi connectivity index (χ3n) is 5.14. The molecule has 0 fully saturated rings. The minimum Gasteiger partial charge on any atom is -0.491 e. The molecule has 0 amide bonds. The number of imidazole rings is 1. The number of fused-ring (bicyclic) bond motifs is 4. The van der Waals surface area contributed by atoms with Gasteiger partial charge in [0.15, 0.2) is 35.1 Å². The fourth-order valence-corrected chi connectivity index (χ4v) is 4.14. The van der Waals surface area contributed by atoms with Crippen LogP contribution in [-0.2, 0) is 0 Å². The molecule has 0 unspecified atom stereocenters. The van der Waals surface area contributed by atoms with E-state index in [9.17, 15) is 0 Å². The van der Waals surface area contributed by atoms with Gasteiger partial charge in [0.25, 0.3) is 0 Å². The van der Waals surface area contributed by atoms with E-state index in [1.54, 1.807) is 13.2 Å². The van der Waals surface area contributed by atoms with Gasteiger partial charge in [-0.3, -0.25) is 9.88 Å². The first-order valence-corrected chi connectivity index (χ1v) is 10.4. The van der Waals surface area contributed by atoms with Gasteiger partial charge < -0.3 is 24.7 Å². The highest BCUT2D eigenvalue weighted by Crippen LogP contribution is 2.42. The number of halogens is 1. The highest BCUT2D eigenvalue weighted by atomic mass is 35.5. The second-order valence-electron chi connectivity index (χ2n) is 7.12. The molecular weight excluding hydrogens is 422 g/mol. The first-order valence-electron chi connectivity index (χ1n) is 10.0. The summed E-state index contributed by atoms with van der Waals surface area (Å²) in [4.78, 5) is 9.32. The lowest BCUT2D eigenvalue weighted by Gasteiger charge is -2.25. The van der Waals surface area contributed by atoms with Crippen molar-refractivity contribution in [3.05, 3.63) is 34.9 Å². The van der Waals surface area contributed by atoms with Crippen LogP contribution in [0.1, 0.15) is 25.1 Å². The molecule has 31 heavy (non-hydrogen) atoms. The Morgan fingerprint density at radius 1 is 1.23 bits per heavy atom. The first kappa shape index (κ1) is 19.6. The molecule has 0 saturated carbocycles. The van der Waals surface area contributed by atoms with Crippen LogP contribution in [0.5, 0.6) is 23.0 Å². The molecule has 9 nitrogen and oxygen atoms in total.